The Morgan fingerprint density at radius 2 is 1.96 bits per heavy atom. The van der Waals surface area contributed by atoms with Crippen LogP contribution in [0.4, 0.5) is 0 Å². The van der Waals surface area contributed by atoms with Crippen molar-refractivity contribution in [3.63, 3.8) is 0 Å². The molecule has 1 aliphatic rings. The second-order valence-corrected chi connectivity index (χ2v) is 7.21. The molecule has 0 amide bonds. The number of β-amino-alcohol motifs (C(OH)–C–C–N with tert-alkyl or cyclic N) is 1. The van der Waals surface area contributed by atoms with Crippen molar-refractivity contribution in [2.45, 2.75) is 32.9 Å². The van der Waals surface area contributed by atoms with Gasteiger partial charge in [0.05, 0.1) is 11.7 Å². The quantitative estimate of drug-likeness (QED) is 0.719. The molecule has 2 aromatic carbocycles. The number of nitrogens with zero attached hydrogens (tertiary/aromatic N) is 1. The number of benzene rings is 2. The Labute approximate surface area is 157 Å². The van der Waals surface area contributed by atoms with Crippen LogP contribution in [-0.2, 0) is 13.0 Å². The van der Waals surface area contributed by atoms with Crippen molar-refractivity contribution in [2.75, 3.05) is 13.3 Å². The zero-order valence-electron chi connectivity index (χ0n) is 15.6. The molecular weight excluding hydrogens is 342 g/mol. The van der Waals surface area contributed by atoms with Crippen molar-refractivity contribution >= 4 is 11.0 Å². The molecule has 1 unspecified atom stereocenters. The van der Waals surface area contributed by atoms with E-state index >= 15 is 0 Å². The monoisotopic (exact) mass is 365 g/mol. The summed E-state index contributed by atoms with van der Waals surface area (Å²) in [5.74, 6) is 0.739. The van der Waals surface area contributed by atoms with Crippen molar-refractivity contribution < 1.29 is 14.3 Å². The summed E-state index contributed by atoms with van der Waals surface area (Å²) in [7, 11) is 0. The van der Waals surface area contributed by atoms with Gasteiger partial charge in [-0.15, -0.1) is 0 Å². The molecule has 4 rings (SSSR count). The third kappa shape index (κ3) is 3.48. The van der Waals surface area contributed by atoms with E-state index in [4.69, 9.17) is 9.15 Å². The van der Waals surface area contributed by atoms with Gasteiger partial charge < -0.3 is 14.3 Å². The molecule has 1 aliphatic heterocycles. The molecule has 1 atom stereocenters. The Morgan fingerprint density at radius 3 is 2.70 bits per heavy atom. The minimum absolute atomic E-state index is 0.301. The average Bonchev–Trinajstić information content (AvgIpc) is 2.65. The lowest BCUT2D eigenvalue weighted by atomic mass is 9.98. The van der Waals surface area contributed by atoms with E-state index in [1.165, 1.54) is 0 Å². The molecule has 1 N–H and O–H groups in total. The fourth-order valence-corrected chi connectivity index (χ4v) is 3.70. The molecule has 3 aromatic rings. The highest BCUT2D eigenvalue weighted by molar-refractivity contribution is 5.86. The first-order valence-electron chi connectivity index (χ1n) is 9.18. The number of hydrogen-bond donors (Lipinski definition) is 1. The van der Waals surface area contributed by atoms with E-state index in [1.54, 1.807) is 6.92 Å². The lowest BCUT2D eigenvalue weighted by Gasteiger charge is -2.30. The Balaban J connectivity index is 1.78. The van der Waals surface area contributed by atoms with Crippen LogP contribution in [0.1, 0.15) is 29.2 Å². The largest absolute Gasteiger partial charge is 0.478 e. The van der Waals surface area contributed by atoms with Crippen LogP contribution in [-0.4, -0.2) is 29.4 Å². The summed E-state index contributed by atoms with van der Waals surface area (Å²) in [6, 6.07) is 13.8. The standard InChI is InChI=1S/C22H23NO4/c1-14(24)11-23-12-19-20(26-13-23)9-8-17-15(2)18(22(25)27-21(17)19)10-16-6-4-3-5-7-16/h3-9,14,24H,10-13H2,1-2H3. The van der Waals surface area contributed by atoms with Crippen LogP contribution >= 0.6 is 0 Å². The van der Waals surface area contributed by atoms with Gasteiger partial charge in [-0.1, -0.05) is 30.3 Å². The van der Waals surface area contributed by atoms with E-state index < -0.39 is 6.10 Å². The highest BCUT2D eigenvalue weighted by Gasteiger charge is 2.24. The van der Waals surface area contributed by atoms with Crippen LogP contribution in [0.3, 0.4) is 0 Å². The normalized spacial score (nSPS) is 15.4. The van der Waals surface area contributed by atoms with E-state index in [1.807, 2.05) is 54.3 Å². The molecule has 1 aromatic heterocycles. The van der Waals surface area contributed by atoms with Crippen molar-refractivity contribution in [3.05, 3.63) is 75.1 Å². The predicted molar refractivity (Wildman–Crippen MR) is 104 cm³/mol. The molecule has 0 radical (unpaired) electrons. The van der Waals surface area contributed by atoms with E-state index in [-0.39, 0.29) is 5.63 Å². The molecule has 5 nitrogen and oxygen atoms in total. The number of aliphatic hydroxyl groups excluding tert-OH is 1. The van der Waals surface area contributed by atoms with E-state index in [9.17, 15) is 9.90 Å². The van der Waals surface area contributed by atoms with E-state index in [2.05, 4.69) is 0 Å². The van der Waals surface area contributed by atoms with Crippen LogP contribution < -0.4 is 10.4 Å². The second kappa shape index (κ2) is 7.18. The maximum absolute atomic E-state index is 12.7. The number of aryl methyl sites for hydroxylation is 1. The van der Waals surface area contributed by atoms with E-state index in [0.29, 0.717) is 37.4 Å². The molecule has 0 bridgehead atoms. The Morgan fingerprint density at radius 1 is 1.19 bits per heavy atom. The highest BCUT2D eigenvalue weighted by atomic mass is 16.5. The summed E-state index contributed by atoms with van der Waals surface area (Å²) in [4.78, 5) is 14.7. The zero-order chi connectivity index (χ0) is 19.0. The van der Waals surface area contributed by atoms with Gasteiger partial charge in [0.2, 0.25) is 0 Å². The Hall–Kier alpha value is -2.63. The Bertz CT molecular complexity index is 1020. The average molecular weight is 365 g/mol. The van der Waals surface area contributed by atoms with Gasteiger partial charge in [0.15, 0.2) is 0 Å². The van der Waals surface area contributed by atoms with Gasteiger partial charge in [0.1, 0.15) is 18.1 Å². The first kappa shape index (κ1) is 17.8. The van der Waals surface area contributed by atoms with Gasteiger partial charge in [-0.25, -0.2) is 4.79 Å². The van der Waals surface area contributed by atoms with Crippen LogP contribution in [0.25, 0.3) is 11.0 Å². The number of aliphatic hydroxyl groups is 1. The number of fused-ring (bicyclic) bond motifs is 3. The number of ether oxygens (including phenoxy) is 1. The molecule has 0 saturated heterocycles. The SMILES string of the molecule is Cc1c(Cc2ccccc2)c(=O)oc2c3c(ccc12)OCN(CC(C)O)C3. The van der Waals surface area contributed by atoms with Crippen LogP contribution in [0.5, 0.6) is 5.75 Å². The molecule has 0 saturated carbocycles. The predicted octanol–water partition coefficient (Wildman–Crippen LogP) is 3.22. The smallest absolute Gasteiger partial charge is 0.340 e. The Kier molecular flexibility index (Phi) is 4.72. The molecular formula is C22H23NO4. The fraction of sp³-hybridized carbons (Fsp3) is 0.318. The van der Waals surface area contributed by atoms with Gasteiger partial charge >= 0.3 is 5.63 Å². The maximum Gasteiger partial charge on any atom is 0.340 e. The number of hydrogen-bond acceptors (Lipinski definition) is 5. The molecule has 5 heteroatoms. The minimum atomic E-state index is -0.448. The van der Waals surface area contributed by atoms with Crippen molar-refractivity contribution in [1.29, 1.82) is 0 Å². The summed E-state index contributed by atoms with van der Waals surface area (Å²) in [5.41, 5.74) is 3.86. The molecule has 0 spiro atoms. The molecule has 140 valence electrons. The van der Waals surface area contributed by atoms with Crippen LogP contribution in [0.2, 0.25) is 0 Å². The first-order chi connectivity index (χ1) is 13.0. The maximum atomic E-state index is 12.7. The van der Waals surface area contributed by atoms with Gasteiger partial charge in [0, 0.05) is 30.5 Å². The van der Waals surface area contributed by atoms with Crippen LogP contribution in [0.15, 0.2) is 51.7 Å². The van der Waals surface area contributed by atoms with Gasteiger partial charge in [-0.05, 0) is 37.1 Å². The first-order valence-corrected chi connectivity index (χ1v) is 9.18. The minimum Gasteiger partial charge on any atom is -0.478 e. The summed E-state index contributed by atoms with van der Waals surface area (Å²) in [6.07, 6.45) is 0.100. The van der Waals surface area contributed by atoms with Crippen LogP contribution in [0, 0.1) is 6.92 Å². The molecule has 2 heterocycles. The summed E-state index contributed by atoms with van der Waals surface area (Å²) in [5, 5.41) is 10.6. The van der Waals surface area contributed by atoms with Gasteiger partial charge in [-0.2, -0.15) is 0 Å². The fourth-order valence-electron chi connectivity index (χ4n) is 3.70. The van der Waals surface area contributed by atoms with Gasteiger partial charge in [0.25, 0.3) is 0 Å². The third-order valence-electron chi connectivity index (χ3n) is 5.05. The summed E-state index contributed by atoms with van der Waals surface area (Å²) >= 11 is 0. The summed E-state index contributed by atoms with van der Waals surface area (Å²) in [6.45, 7) is 5.22. The molecule has 27 heavy (non-hydrogen) atoms. The summed E-state index contributed by atoms with van der Waals surface area (Å²) < 4.78 is 11.6. The second-order valence-electron chi connectivity index (χ2n) is 7.21. The molecule has 0 aliphatic carbocycles. The van der Waals surface area contributed by atoms with E-state index in [0.717, 1.165) is 27.8 Å². The van der Waals surface area contributed by atoms with Crippen molar-refractivity contribution in [1.82, 2.24) is 4.90 Å². The highest BCUT2D eigenvalue weighted by Crippen LogP contribution is 2.34. The van der Waals surface area contributed by atoms with Crippen molar-refractivity contribution in [3.8, 4) is 5.75 Å². The number of rotatable bonds is 4. The lowest BCUT2D eigenvalue weighted by molar-refractivity contribution is 0.0503. The third-order valence-corrected chi connectivity index (χ3v) is 5.05. The topological polar surface area (TPSA) is 62.9 Å². The lowest BCUT2D eigenvalue weighted by Crippen LogP contribution is -2.37. The van der Waals surface area contributed by atoms with Gasteiger partial charge in [-0.3, -0.25) is 4.90 Å². The molecule has 0 fully saturated rings. The zero-order valence-corrected chi connectivity index (χ0v) is 15.6. The van der Waals surface area contributed by atoms with Crippen molar-refractivity contribution in [2.24, 2.45) is 0 Å².